The summed E-state index contributed by atoms with van der Waals surface area (Å²) in [7, 11) is 0. The predicted molar refractivity (Wildman–Crippen MR) is 92.7 cm³/mol. The van der Waals surface area contributed by atoms with Crippen LogP contribution in [0.15, 0.2) is 16.8 Å². The van der Waals surface area contributed by atoms with Crippen LogP contribution in [0.4, 0.5) is 4.79 Å². The Balaban J connectivity index is 1.76. The van der Waals surface area contributed by atoms with Crippen molar-refractivity contribution in [3.63, 3.8) is 0 Å². The van der Waals surface area contributed by atoms with Crippen LogP contribution in [0.25, 0.3) is 0 Å². The molecule has 1 amide bonds. The zero-order valence-electron chi connectivity index (χ0n) is 14.2. The van der Waals surface area contributed by atoms with Gasteiger partial charge < -0.3 is 20.1 Å². The highest BCUT2D eigenvalue weighted by Gasteiger charge is 2.25. The van der Waals surface area contributed by atoms with E-state index >= 15 is 0 Å². The second kappa shape index (κ2) is 8.13. The lowest BCUT2D eigenvalue weighted by molar-refractivity contribution is 0.0255. The lowest BCUT2D eigenvalue weighted by Crippen LogP contribution is -2.38. The highest BCUT2D eigenvalue weighted by Crippen LogP contribution is 2.18. The molecule has 0 unspecified atom stereocenters. The fourth-order valence-electron chi connectivity index (χ4n) is 2.67. The van der Waals surface area contributed by atoms with Crippen LogP contribution in [0.1, 0.15) is 51.7 Å². The molecule has 0 bridgehead atoms. The van der Waals surface area contributed by atoms with E-state index < -0.39 is 11.7 Å². The Hall–Kier alpha value is -1.11. The maximum absolute atomic E-state index is 12.1. The highest BCUT2D eigenvalue weighted by atomic mass is 32.1. The summed E-state index contributed by atoms with van der Waals surface area (Å²) in [4.78, 5) is 13.9. The Morgan fingerprint density at radius 3 is 2.91 bits per heavy atom. The van der Waals surface area contributed by atoms with Crippen LogP contribution in [0.2, 0.25) is 0 Å². The molecule has 5 nitrogen and oxygen atoms in total. The van der Waals surface area contributed by atoms with Gasteiger partial charge in [0.15, 0.2) is 0 Å². The normalized spacial score (nSPS) is 20.9. The number of hydrogen-bond donors (Lipinski definition) is 2. The number of likely N-dealkylation sites (tertiary alicyclic amines) is 1. The molecule has 0 spiro atoms. The number of aliphatic hydroxyl groups excluding tert-OH is 1. The number of nitrogens with one attached hydrogen (secondary N) is 1. The highest BCUT2D eigenvalue weighted by molar-refractivity contribution is 7.07. The van der Waals surface area contributed by atoms with E-state index in [1.165, 1.54) is 0 Å². The number of thiophene rings is 1. The SMILES string of the molecule is CC(C)(C)OC(=O)N1CCC[C@@H](NC[C@@H](O)c2ccsc2)CC1. The molecule has 0 aliphatic carbocycles. The molecule has 1 aromatic heterocycles. The van der Waals surface area contributed by atoms with Gasteiger partial charge in [0.05, 0.1) is 6.10 Å². The van der Waals surface area contributed by atoms with E-state index in [9.17, 15) is 9.90 Å². The zero-order chi connectivity index (χ0) is 16.9. The Morgan fingerprint density at radius 2 is 2.26 bits per heavy atom. The molecule has 1 aliphatic rings. The summed E-state index contributed by atoms with van der Waals surface area (Å²) in [5.74, 6) is 0. The van der Waals surface area contributed by atoms with Crippen molar-refractivity contribution < 1.29 is 14.6 Å². The monoisotopic (exact) mass is 340 g/mol. The first-order chi connectivity index (χ1) is 10.8. The van der Waals surface area contributed by atoms with Gasteiger partial charge in [-0.3, -0.25) is 0 Å². The molecule has 23 heavy (non-hydrogen) atoms. The molecule has 1 fully saturated rings. The number of aliphatic hydroxyl groups is 1. The molecular weight excluding hydrogens is 312 g/mol. The topological polar surface area (TPSA) is 61.8 Å². The third-order valence-corrected chi connectivity index (χ3v) is 4.61. The first-order valence-corrected chi connectivity index (χ1v) is 9.21. The molecule has 1 aromatic rings. The molecule has 130 valence electrons. The Labute approximate surface area is 142 Å². The van der Waals surface area contributed by atoms with Crippen LogP contribution in [-0.2, 0) is 4.74 Å². The van der Waals surface area contributed by atoms with E-state index in [1.54, 1.807) is 16.2 Å². The van der Waals surface area contributed by atoms with Crippen LogP contribution in [0, 0.1) is 0 Å². The maximum atomic E-state index is 12.1. The lowest BCUT2D eigenvalue weighted by Gasteiger charge is -2.26. The Bertz CT molecular complexity index is 485. The van der Waals surface area contributed by atoms with E-state index in [-0.39, 0.29) is 6.09 Å². The van der Waals surface area contributed by atoms with Crippen molar-refractivity contribution in [3.8, 4) is 0 Å². The molecule has 2 heterocycles. The lowest BCUT2D eigenvalue weighted by atomic mass is 10.1. The minimum atomic E-state index is -0.466. The summed E-state index contributed by atoms with van der Waals surface area (Å²) in [5.41, 5.74) is 0.512. The van der Waals surface area contributed by atoms with Crippen molar-refractivity contribution in [2.24, 2.45) is 0 Å². The summed E-state index contributed by atoms with van der Waals surface area (Å²) in [5, 5.41) is 17.5. The van der Waals surface area contributed by atoms with Crippen molar-refractivity contribution in [2.75, 3.05) is 19.6 Å². The standard InChI is InChI=1S/C17H28N2O3S/c1-17(2,3)22-16(21)19-8-4-5-14(6-9-19)18-11-15(20)13-7-10-23-12-13/h7,10,12,14-15,18,20H,4-6,8-9,11H2,1-3H3/t14-,15-/m1/s1. The van der Waals surface area contributed by atoms with Crippen LogP contribution >= 0.6 is 11.3 Å². The molecule has 2 N–H and O–H groups in total. The molecule has 0 aromatic carbocycles. The summed E-state index contributed by atoms with van der Waals surface area (Å²) >= 11 is 1.59. The van der Waals surface area contributed by atoms with E-state index in [1.807, 2.05) is 37.6 Å². The number of carbonyl (C=O) groups excluding carboxylic acids is 1. The van der Waals surface area contributed by atoms with Gasteiger partial charge in [0.2, 0.25) is 0 Å². The molecule has 2 rings (SSSR count). The smallest absolute Gasteiger partial charge is 0.410 e. The van der Waals surface area contributed by atoms with Gasteiger partial charge in [-0.15, -0.1) is 0 Å². The third-order valence-electron chi connectivity index (χ3n) is 3.91. The van der Waals surface area contributed by atoms with Crippen LogP contribution in [0.3, 0.4) is 0 Å². The summed E-state index contributed by atoms with van der Waals surface area (Å²) in [6, 6.07) is 2.28. The van der Waals surface area contributed by atoms with Crippen molar-refractivity contribution in [3.05, 3.63) is 22.4 Å². The van der Waals surface area contributed by atoms with E-state index in [0.29, 0.717) is 19.1 Å². The zero-order valence-corrected chi connectivity index (χ0v) is 15.1. The number of carbonyl (C=O) groups is 1. The average molecular weight is 340 g/mol. The molecule has 1 aliphatic heterocycles. The van der Waals surface area contributed by atoms with Crippen molar-refractivity contribution >= 4 is 17.4 Å². The van der Waals surface area contributed by atoms with E-state index in [4.69, 9.17) is 4.74 Å². The molecule has 0 radical (unpaired) electrons. The third kappa shape index (κ3) is 6.12. The van der Waals surface area contributed by atoms with Gasteiger partial charge in [-0.05, 0) is 62.4 Å². The van der Waals surface area contributed by atoms with Gasteiger partial charge in [-0.2, -0.15) is 11.3 Å². The molecular formula is C17H28N2O3S. The van der Waals surface area contributed by atoms with Gasteiger partial charge in [-0.25, -0.2) is 4.79 Å². The van der Waals surface area contributed by atoms with Gasteiger partial charge in [0.25, 0.3) is 0 Å². The van der Waals surface area contributed by atoms with Crippen molar-refractivity contribution in [1.29, 1.82) is 0 Å². The maximum Gasteiger partial charge on any atom is 0.410 e. The number of rotatable bonds is 4. The number of hydrogen-bond acceptors (Lipinski definition) is 5. The number of amides is 1. The second-order valence-electron chi connectivity index (χ2n) is 7.08. The quantitative estimate of drug-likeness (QED) is 0.884. The van der Waals surface area contributed by atoms with E-state index in [0.717, 1.165) is 31.4 Å². The van der Waals surface area contributed by atoms with Crippen LogP contribution in [0.5, 0.6) is 0 Å². The largest absolute Gasteiger partial charge is 0.444 e. The summed E-state index contributed by atoms with van der Waals surface area (Å²) in [6.45, 7) is 7.64. The molecule has 6 heteroatoms. The van der Waals surface area contributed by atoms with E-state index in [2.05, 4.69) is 5.32 Å². The van der Waals surface area contributed by atoms with Gasteiger partial charge in [0, 0.05) is 25.7 Å². The van der Waals surface area contributed by atoms with Gasteiger partial charge in [0.1, 0.15) is 5.60 Å². The molecule has 0 saturated carbocycles. The second-order valence-corrected chi connectivity index (χ2v) is 7.86. The molecule has 1 saturated heterocycles. The summed E-state index contributed by atoms with van der Waals surface area (Å²) < 4.78 is 5.44. The number of ether oxygens (including phenoxy) is 1. The number of nitrogens with zero attached hydrogens (tertiary/aromatic N) is 1. The van der Waals surface area contributed by atoms with Gasteiger partial charge >= 0.3 is 6.09 Å². The predicted octanol–water partition coefficient (Wildman–Crippen LogP) is 3.16. The first kappa shape index (κ1) is 18.2. The fourth-order valence-corrected chi connectivity index (χ4v) is 3.38. The first-order valence-electron chi connectivity index (χ1n) is 8.26. The summed E-state index contributed by atoms with van der Waals surface area (Å²) in [6.07, 6.45) is 2.15. The fraction of sp³-hybridized carbons (Fsp3) is 0.706. The van der Waals surface area contributed by atoms with Crippen molar-refractivity contribution in [2.45, 2.75) is 57.8 Å². The minimum Gasteiger partial charge on any atom is -0.444 e. The van der Waals surface area contributed by atoms with Crippen LogP contribution < -0.4 is 5.32 Å². The van der Waals surface area contributed by atoms with Crippen LogP contribution in [-0.4, -0.2) is 47.4 Å². The van der Waals surface area contributed by atoms with Crippen molar-refractivity contribution in [1.82, 2.24) is 10.2 Å². The Morgan fingerprint density at radius 1 is 1.48 bits per heavy atom. The average Bonchev–Trinajstić information content (AvgIpc) is 2.89. The molecule has 2 atom stereocenters. The van der Waals surface area contributed by atoms with Gasteiger partial charge in [-0.1, -0.05) is 0 Å². The minimum absolute atomic E-state index is 0.226. The Kier molecular flexibility index (Phi) is 6.44.